The predicted octanol–water partition coefficient (Wildman–Crippen LogP) is 7.18. The monoisotopic (exact) mass is 506 g/mol. The van der Waals surface area contributed by atoms with Crippen LogP contribution in [0.15, 0.2) is 109 Å². The van der Waals surface area contributed by atoms with Crippen LogP contribution >= 0.6 is 19.4 Å². The molecule has 0 saturated heterocycles. The molecule has 0 heterocycles. The summed E-state index contributed by atoms with van der Waals surface area (Å²) in [5.74, 6) is 0.186. The number of rotatable bonds is 10. The molecule has 0 spiro atoms. The average molecular weight is 507 g/mol. The first-order valence-electron chi connectivity index (χ1n) is 11.1. The Morgan fingerprint density at radius 1 is 0.714 bits per heavy atom. The number of phosphoric ester groups is 1. The van der Waals surface area contributed by atoms with Gasteiger partial charge in [-0.3, -0.25) is 9.69 Å². The smallest absolute Gasteiger partial charge is 0.395 e. The average Bonchev–Trinajstić information content (AvgIpc) is 2.86. The van der Waals surface area contributed by atoms with Crippen LogP contribution in [0.1, 0.15) is 21.5 Å². The van der Waals surface area contributed by atoms with Gasteiger partial charge in [0.05, 0.1) is 0 Å². The van der Waals surface area contributed by atoms with Gasteiger partial charge in [0.2, 0.25) is 0 Å². The van der Waals surface area contributed by atoms with E-state index in [0.717, 1.165) is 11.1 Å². The van der Waals surface area contributed by atoms with Crippen molar-refractivity contribution in [1.29, 1.82) is 0 Å². The van der Waals surface area contributed by atoms with E-state index in [4.69, 9.17) is 20.6 Å². The zero-order valence-corrected chi connectivity index (χ0v) is 20.4. The number of ketones is 1. The fourth-order valence-electron chi connectivity index (χ4n) is 3.74. The Hall–Kier alpha value is -3.37. The first-order chi connectivity index (χ1) is 16.9. The van der Waals surface area contributed by atoms with Gasteiger partial charge < -0.3 is 9.05 Å². The standard InChI is InChI=1S/C28H24ClO5P/c29-25-15-11-21(12-16-25)19-24(28(30)23-7-3-1-4-8-23)20-22-13-17-27(18-14-22)34-35(31,32)33-26-9-5-2-6-10-26/h1-18,24H,19-20H2,(H,31,32). The second-order valence-corrected chi connectivity index (χ2v) is 9.81. The molecule has 4 aromatic rings. The van der Waals surface area contributed by atoms with Crippen molar-refractivity contribution >= 4 is 25.2 Å². The molecule has 7 heteroatoms. The number of hydrogen-bond acceptors (Lipinski definition) is 4. The number of halogens is 1. The third-order valence-electron chi connectivity index (χ3n) is 5.41. The maximum absolute atomic E-state index is 13.3. The molecule has 35 heavy (non-hydrogen) atoms. The number of benzene rings is 4. The minimum Gasteiger partial charge on any atom is -0.395 e. The van der Waals surface area contributed by atoms with Crippen LogP contribution < -0.4 is 9.05 Å². The van der Waals surface area contributed by atoms with Gasteiger partial charge in [-0.2, -0.15) is 0 Å². The van der Waals surface area contributed by atoms with Gasteiger partial charge in [-0.15, -0.1) is 0 Å². The first kappa shape index (κ1) is 24.7. The summed E-state index contributed by atoms with van der Waals surface area (Å²) in [6.45, 7) is 0. The number of hydrogen-bond donors (Lipinski definition) is 1. The van der Waals surface area contributed by atoms with Gasteiger partial charge in [0.25, 0.3) is 0 Å². The van der Waals surface area contributed by atoms with E-state index in [0.29, 0.717) is 23.4 Å². The Bertz CT molecular complexity index is 1290. The minimum atomic E-state index is -4.35. The quantitative estimate of drug-likeness (QED) is 0.182. The molecule has 5 nitrogen and oxygen atoms in total. The molecular formula is C28H24ClO5P. The normalized spacial score (nSPS) is 13.4. The maximum atomic E-state index is 13.3. The van der Waals surface area contributed by atoms with Crippen LogP contribution in [0, 0.1) is 5.92 Å². The summed E-state index contributed by atoms with van der Waals surface area (Å²) < 4.78 is 22.6. The largest absolute Gasteiger partial charge is 0.584 e. The third kappa shape index (κ3) is 7.30. The predicted molar refractivity (Wildman–Crippen MR) is 137 cm³/mol. The molecule has 0 aromatic heterocycles. The zero-order valence-electron chi connectivity index (χ0n) is 18.8. The third-order valence-corrected chi connectivity index (χ3v) is 6.55. The molecule has 0 fully saturated rings. The fourth-order valence-corrected chi connectivity index (χ4v) is 4.68. The highest BCUT2D eigenvalue weighted by Gasteiger charge is 2.25. The van der Waals surface area contributed by atoms with Crippen molar-refractivity contribution in [3.63, 3.8) is 0 Å². The van der Waals surface area contributed by atoms with E-state index < -0.39 is 7.82 Å². The Morgan fingerprint density at radius 3 is 1.71 bits per heavy atom. The molecule has 0 amide bonds. The summed E-state index contributed by atoms with van der Waals surface area (Å²) in [5, 5.41) is 0.646. The number of phosphoric acid groups is 1. The number of carbonyl (C=O) groups excluding carboxylic acids is 1. The van der Waals surface area contributed by atoms with Gasteiger partial charge in [-0.25, -0.2) is 4.57 Å². The molecule has 0 saturated carbocycles. The minimum absolute atomic E-state index is 0.0528. The van der Waals surface area contributed by atoms with Crippen LogP contribution in [0.4, 0.5) is 0 Å². The molecule has 0 radical (unpaired) electrons. The van der Waals surface area contributed by atoms with E-state index in [1.54, 1.807) is 54.6 Å². The maximum Gasteiger partial charge on any atom is 0.584 e. The van der Waals surface area contributed by atoms with Crippen LogP contribution in [0.2, 0.25) is 5.02 Å². The summed E-state index contributed by atoms with van der Waals surface area (Å²) in [4.78, 5) is 23.4. The molecule has 2 atom stereocenters. The molecule has 4 aromatic carbocycles. The van der Waals surface area contributed by atoms with E-state index >= 15 is 0 Å². The van der Waals surface area contributed by atoms with Gasteiger partial charge in [0.15, 0.2) is 5.78 Å². The van der Waals surface area contributed by atoms with E-state index in [-0.39, 0.29) is 23.2 Å². The summed E-state index contributed by atoms with van der Waals surface area (Å²) in [6.07, 6.45) is 1.05. The second kappa shape index (κ2) is 11.4. The van der Waals surface area contributed by atoms with Crippen molar-refractivity contribution < 1.29 is 23.3 Å². The molecule has 0 aliphatic carbocycles. The molecule has 0 aliphatic rings. The van der Waals surface area contributed by atoms with Gasteiger partial charge in [0, 0.05) is 16.5 Å². The van der Waals surface area contributed by atoms with Crippen LogP contribution in [0.3, 0.4) is 0 Å². The fraction of sp³-hybridized carbons (Fsp3) is 0.107. The van der Waals surface area contributed by atoms with Crippen LogP contribution in [-0.4, -0.2) is 10.7 Å². The lowest BCUT2D eigenvalue weighted by atomic mass is 9.86. The lowest BCUT2D eigenvalue weighted by Gasteiger charge is -2.17. The van der Waals surface area contributed by atoms with Gasteiger partial charge in [0.1, 0.15) is 11.5 Å². The molecule has 0 bridgehead atoms. The van der Waals surface area contributed by atoms with Crippen molar-refractivity contribution in [1.82, 2.24) is 0 Å². The summed E-state index contributed by atoms with van der Waals surface area (Å²) in [5.41, 5.74) is 2.57. The van der Waals surface area contributed by atoms with E-state index in [1.807, 2.05) is 54.6 Å². The second-order valence-electron chi connectivity index (χ2n) is 8.07. The molecule has 4 rings (SSSR count). The summed E-state index contributed by atoms with van der Waals surface area (Å²) in [7, 11) is -4.35. The number of Topliss-reactive ketones (excluding diaryl/α,β-unsaturated/α-hetero) is 1. The topological polar surface area (TPSA) is 72.8 Å². The summed E-state index contributed by atoms with van der Waals surface area (Å²) in [6, 6.07) is 31.8. The molecule has 1 N–H and O–H groups in total. The van der Waals surface area contributed by atoms with E-state index in [9.17, 15) is 14.3 Å². The van der Waals surface area contributed by atoms with E-state index in [2.05, 4.69) is 0 Å². The molecule has 2 unspecified atom stereocenters. The lowest BCUT2D eigenvalue weighted by molar-refractivity contribution is 0.0918. The SMILES string of the molecule is O=C(c1ccccc1)C(Cc1ccc(Cl)cc1)Cc1ccc(OP(=O)(O)Oc2ccccc2)cc1. The lowest BCUT2D eigenvalue weighted by Crippen LogP contribution is -2.20. The summed E-state index contributed by atoms with van der Waals surface area (Å²) >= 11 is 6.02. The highest BCUT2D eigenvalue weighted by atomic mass is 35.5. The van der Waals surface area contributed by atoms with Gasteiger partial charge >= 0.3 is 7.82 Å². The van der Waals surface area contributed by atoms with Crippen LogP contribution in [0.5, 0.6) is 11.5 Å². The molecule has 178 valence electrons. The molecular weight excluding hydrogens is 483 g/mol. The Morgan fingerprint density at radius 2 is 1.17 bits per heavy atom. The highest BCUT2D eigenvalue weighted by Crippen LogP contribution is 2.44. The van der Waals surface area contributed by atoms with Crippen molar-refractivity contribution in [2.75, 3.05) is 0 Å². The molecule has 0 aliphatic heterocycles. The van der Waals surface area contributed by atoms with Crippen molar-refractivity contribution in [3.8, 4) is 11.5 Å². The Balaban J connectivity index is 1.48. The highest BCUT2D eigenvalue weighted by molar-refractivity contribution is 7.48. The zero-order chi connectivity index (χ0) is 24.7. The number of carbonyl (C=O) groups is 1. The van der Waals surface area contributed by atoms with E-state index in [1.165, 1.54) is 0 Å². The first-order valence-corrected chi connectivity index (χ1v) is 12.9. The number of para-hydroxylation sites is 1. The van der Waals surface area contributed by atoms with Crippen LogP contribution in [-0.2, 0) is 17.4 Å². The Kier molecular flexibility index (Phi) is 8.04. The Labute approximate surface area is 209 Å². The van der Waals surface area contributed by atoms with Gasteiger partial charge in [-0.05, 0) is 60.4 Å². The van der Waals surface area contributed by atoms with Crippen molar-refractivity contribution in [2.45, 2.75) is 12.8 Å². The van der Waals surface area contributed by atoms with Crippen molar-refractivity contribution in [3.05, 3.63) is 131 Å². The van der Waals surface area contributed by atoms with Crippen LogP contribution in [0.25, 0.3) is 0 Å². The van der Waals surface area contributed by atoms with Crippen molar-refractivity contribution in [2.24, 2.45) is 5.92 Å². The van der Waals surface area contributed by atoms with Gasteiger partial charge in [-0.1, -0.05) is 84.4 Å².